The Hall–Kier alpha value is -1.44. The standard InChI is InChI=1S/C13H20N2O4S/c1-3-19-13(16)11-5-7-12(8-6-11)15-10-4-9-14-20(15,2,17)18/h5-8H,3-4,9-10H2,1-2H3,(H2,14,17,18). The van der Waals surface area contributed by atoms with Crippen molar-refractivity contribution in [1.82, 2.24) is 4.72 Å². The highest BCUT2D eigenvalue weighted by atomic mass is 32.3. The molecule has 6 nitrogen and oxygen atoms in total. The maximum Gasteiger partial charge on any atom is 0.338 e. The zero-order valence-corrected chi connectivity index (χ0v) is 12.5. The Labute approximate surface area is 118 Å². The fraction of sp³-hybridized carbons (Fsp3) is 0.462. The topological polar surface area (TPSA) is 78.9 Å². The number of anilines is 1. The molecule has 1 saturated heterocycles. The number of rotatable bonds is 3. The van der Waals surface area contributed by atoms with Gasteiger partial charge in [0.05, 0.1) is 24.1 Å². The molecule has 1 aliphatic rings. The summed E-state index contributed by atoms with van der Waals surface area (Å²) in [6.07, 6.45) is 2.08. The number of ether oxygens (including phenoxy) is 1. The van der Waals surface area contributed by atoms with E-state index in [1.165, 1.54) is 10.6 Å². The van der Waals surface area contributed by atoms with E-state index in [1.807, 2.05) is 0 Å². The van der Waals surface area contributed by atoms with Crippen molar-refractivity contribution >= 4 is 21.4 Å². The summed E-state index contributed by atoms with van der Waals surface area (Å²) < 4.78 is 31.9. The number of nitrogens with zero attached hydrogens (tertiary/aromatic N) is 1. The van der Waals surface area contributed by atoms with Crippen molar-refractivity contribution in [3.05, 3.63) is 29.8 Å². The second kappa shape index (κ2) is 5.16. The number of nitrogens with one attached hydrogen (secondary N) is 1. The number of carbonyl (C=O) groups is 1. The van der Waals surface area contributed by atoms with E-state index >= 15 is 0 Å². The maximum atomic E-state index is 12.5. The Kier molecular flexibility index (Phi) is 3.86. The summed E-state index contributed by atoms with van der Waals surface area (Å²) >= 11 is 0. The summed E-state index contributed by atoms with van der Waals surface area (Å²) in [6, 6.07) is 6.52. The monoisotopic (exact) mass is 300 g/mol. The Morgan fingerprint density at radius 3 is 2.65 bits per heavy atom. The zero-order valence-electron chi connectivity index (χ0n) is 11.7. The Morgan fingerprint density at radius 1 is 1.45 bits per heavy atom. The van der Waals surface area contributed by atoms with Gasteiger partial charge < -0.3 is 4.74 Å². The lowest BCUT2D eigenvalue weighted by Gasteiger charge is -2.53. The molecule has 0 spiro atoms. The number of carbonyl (C=O) groups excluding carboxylic acids is 1. The molecule has 2 rings (SSSR count). The molecule has 0 unspecified atom stereocenters. The highest BCUT2D eigenvalue weighted by Gasteiger charge is 2.32. The van der Waals surface area contributed by atoms with Gasteiger partial charge in [-0.1, -0.05) is 9.72 Å². The number of esters is 1. The molecule has 0 radical (unpaired) electrons. The maximum absolute atomic E-state index is 12.5. The van der Waals surface area contributed by atoms with E-state index in [2.05, 4.69) is 4.72 Å². The minimum Gasteiger partial charge on any atom is -0.462 e. The van der Waals surface area contributed by atoms with Gasteiger partial charge in [0, 0.05) is 13.1 Å². The van der Waals surface area contributed by atoms with Crippen molar-refractivity contribution in [3.8, 4) is 0 Å². The summed E-state index contributed by atoms with van der Waals surface area (Å²) in [7, 11) is -4.01. The van der Waals surface area contributed by atoms with Gasteiger partial charge in [-0.05, 0) is 37.6 Å². The first-order valence-corrected chi connectivity index (χ1v) is 8.80. The van der Waals surface area contributed by atoms with Gasteiger partial charge in [0.1, 0.15) is 0 Å². The summed E-state index contributed by atoms with van der Waals surface area (Å²) in [4.78, 5) is 11.6. The molecule has 0 atom stereocenters. The molecule has 1 fully saturated rings. The van der Waals surface area contributed by atoms with Crippen LogP contribution in [0.4, 0.5) is 5.69 Å². The highest BCUT2D eigenvalue weighted by molar-refractivity contribution is 8.14. The minimum absolute atomic E-state index is 0.318. The highest BCUT2D eigenvalue weighted by Crippen LogP contribution is 2.30. The summed E-state index contributed by atoms with van der Waals surface area (Å²) in [5, 5.41) is 0. The number of hydrogen-bond acceptors (Lipinski definition) is 3. The molecule has 1 heterocycles. The third kappa shape index (κ3) is 3.00. The van der Waals surface area contributed by atoms with Crippen LogP contribution in [0.3, 0.4) is 0 Å². The molecule has 0 aliphatic carbocycles. The van der Waals surface area contributed by atoms with Crippen LogP contribution in [-0.4, -0.2) is 40.7 Å². The molecule has 0 aromatic heterocycles. The quantitative estimate of drug-likeness (QED) is 0.827. The number of benzene rings is 1. The summed E-state index contributed by atoms with van der Waals surface area (Å²) in [5.41, 5.74) is 1.03. The lowest BCUT2D eigenvalue weighted by atomic mass is 10.2. The molecular weight excluding hydrogens is 280 g/mol. The van der Waals surface area contributed by atoms with Crippen molar-refractivity contribution in [2.75, 3.05) is 30.3 Å². The average molecular weight is 300 g/mol. The van der Waals surface area contributed by atoms with E-state index < -0.39 is 15.7 Å². The second-order valence-electron chi connectivity index (χ2n) is 4.85. The zero-order chi connectivity index (χ0) is 14.8. The molecule has 20 heavy (non-hydrogen) atoms. The van der Waals surface area contributed by atoms with Crippen LogP contribution in [0, 0.1) is 0 Å². The van der Waals surface area contributed by atoms with Gasteiger partial charge in [-0.3, -0.25) is 8.86 Å². The molecule has 2 N–H and O–H groups in total. The van der Waals surface area contributed by atoms with Crippen molar-refractivity contribution in [2.45, 2.75) is 13.3 Å². The van der Waals surface area contributed by atoms with Crippen LogP contribution >= 0.6 is 0 Å². The van der Waals surface area contributed by atoms with Crippen LogP contribution in [-0.2, 0) is 14.5 Å². The first kappa shape index (κ1) is 15.0. The van der Waals surface area contributed by atoms with Crippen LogP contribution in [0.15, 0.2) is 24.3 Å². The lowest BCUT2D eigenvalue weighted by Crippen LogP contribution is -2.63. The van der Waals surface area contributed by atoms with Crippen molar-refractivity contribution in [1.29, 1.82) is 0 Å². The van der Waals surface area contributed by atoms with E-state index in [1.54, 1.807) is 31.2 Å². The van der Waals surface area contributed by atoms with Gasteiger partial charge in [-0.15, -0.1) is 0 Å². The van der Waals surface area contributed by atoms with Crippen LogP contribution in [0.1, 0.15) is 23.7 Å². The Bertz CT molecular complexity index is 564. The summed E-state index contributed by atoms with van der Waals surface area (Å²) in [5.74, 6) is -0.394. The van der Waals surface area contributed by atoms with Crippen molar-refractivity contribution in [2.24, 2.45) is 0 Å². The van der Waals surface area contributed by atoms with E-state index in [4.69, 9.17) is 4.74 Å². The molecule has 1 aliphatic heterocycles. The van der Waals surface area contributed by atoms with Gasteiger partial charge in [0.25, 0.3) is 0 Å². The second-order valence-corrected chi connectivity index (χ2v) is 8.04. The van der Waals surface area contributed by atoms with Crippen LogP contribution in [0.25, 0.3) is 0 Å². The predicted molar refractivity (Wildman–Crippen MR) is 79.1 cm³/mol. The van der Waals surface area contributed by atoms with E-state index in [9.17, 15) is 13.6 Å². The van der Waals surface area contributed by atoms with Gasteiger partial charge >= 0.3 is 5.97 Å². The molecule has 0 amide bonds. The largest absolute Gasteiger partial charge is 0.462 e. The predicted octanol–water partition coefficient (Wildman–Crippen LogP) is 1.42. The Balaban J connectivity index is 2.26. The normalized spacial score (nSPS) is 22.6. The van der Waals surface area contributed by atoms with E-state index in [0.29, 0.717) is 30.9 Å². The molecule has 0 saturated carbocycles. The van der Waals surface area contributed by atoms with E-state index in [0.717, 1.165) is 6.42 Å². The first-order chi connectivity index (χ1) is 9.32. The smallest absolute Gasteiger partial charge is 0.338 e. The molecule has 1 aromatic carbocycles. The van der Waals surface area contributed by atoms with Gasteiger partial charge in [-0.2, -0.15) is 4.21 Å². The van der Waals surface area contributed by atoms with Gasteiger partial charge in [0.2, 0.25) is 0 Å². The van der Waals surface area contributed by atoms with Crippen LogP contribution in [0.2, 0.25) is 0 Å². The molecule has 7 heteroatoms. The minimum atomic E-state index is -4.01. The molecular formula is C13H20N2O4S. The van der Waals surface area contributed by atoms with Gasteiger partial charge in [0.15, 0.2) is 0 Å². The molecule has 0 bridgehead atoms. The lowest BCUT2D eigenvalue weighted by molar-refractivity contribution is 0.0526. The van der Waals surface area contributed by atoms with Crippen molar-refractivity contribution in [3.63, 3.8) is 0 Å². The van der Waals surface area contributed by atoms with Crippen LogP contribution in [0.5, 0.6) is 0 Å². The molecule has 112 valence electrons. The third-order valence-corrected chi connectivity index (χ3v) is 5.46. The fourth-order valence-electron chi connectivity index (χ4n) is 2.18. The first-order valence-electron chi connectivity index (χ1n) is 6.51. The summed E-state index contributed by atoms with van der Waals surface area (Å²) in [6.45, 7) is 3.06. The Morgan fingerprint density at radius 2 is 2.10 bits per heavy atom. The van der Waals surface area contributed by atoms with Crippen LogP contribution < -0.4 is 9.03 Å². The van der Waals surface area contributed by atoms with E-state index in [-0.39, 0.29) is 0 Å². The number of hydrogen-bond donors (Lipinski definition) is 2. The van der Waals surface area contributed by atoms with Crippen molar-refractivity contribution < 1.29 is 18.3 Å². The molecule has 1 aromatic rings. The van der Waals surface area contributed by atoms with Gasteiger partial charge in [-0.25, -0.2) is 9.52 Å². The SMILES string of the molecule is CCOC(=O)c1ccc(N2CCCNS2(C)(=O)O)cc1. The average Bonchev–Trinajstić information content (AvgIpc) is 2.38. The third-order valence-electron chi connectivity index (χ3n) is 3.16. The fourth-order valence-corrected chi connectivity index (χ4v) is 4.13.